The number of aromatic nitrogens is 2. The molecule has 10 nitrogen and oxygen atoms in total. The van der Waals surface area contributed by atoms with Crippen LogP contribution in [-0.4, -0.2) is 62.8 Å². The fourth-order valence-corrected chi connectivity index (χ4v) is 13.2. The molecular weight excluding hydrogens is 837 g/mol. The van der Waals surface area contributed by atoms with Crippen molar-refractivity contribution in [3.8, 4) is 97.8 Å². The third-order valence-corrected chi connectivity index (χ3v) is 16.1. The van der Waals surface area contributed by atoms with Crippen molar-refractivity contribution in [2.24, 2.45) is 0 Å². The van der Waals surface area contributed by atoms with E-state index in [0.717, 1.165) is 123 Å². The molecular formula is C46H48N2O8S4. The largest absolute Gasteiger partial charge is 0.485 e. The molecule has 6 aromatic rings. The van der Waals surface area contributed by atoms with E-state index >= 15 is 0 Å². The lowest BCUT2D eigenvalue weighted by Crippen LogP contribution is -2.16. The molecule has 314 valence electrons. The van der Waals surface area contributed by atoms with Crippen LogP contribution in [0.25, 0.3) is 51.8 Å². The molecule has 4 aliphatic rings. The number of nitrogens with zero attached hydrogens (tertiary/aromatic N) is 2. The van der Waals surface area contributed by atoms with Gasteiger partial charge in [-0.15, -0.1) is 45.3 Å². The smallest absolute Gasteiger partial charge is 0.181 e. The molecule has 0 atom stereocenters. The van der Waals surface area contributed by atoms with E-state index in [0.29, 0.717) is 52.9 Å². The second-order valence-corrected chi connectivity index (χ2v) is 19.4. The summed E-state index contributed by atoms with van der Waals surface area (Å²) in [7, 11) is 0. The Morgan fingerprint density at radius 3 is 1.12 bits per heavy atom. The fraction of sp³-hybridized carbons (Fsp3) is 0.435. The fourth-order valence-electron chi connectivity index (χ4n) is 8.08. The summed E-state index contributed by atoms with van der Waals surface area (Å²) in [6.45, 7) is 8.60. The third-order valence-electron chi connectivity index (χ3n) is 11.0. The van der Waals surface area contributed by atoms with Crippen LogP contribution in [0.3, 0.4) is 0 Å². The van der Waals surface area contributed by atoms with Gasteiger partial charge in [0.1, 0.15) is 52.9 Å². The molecule has 0 saturated carbocycles. The van der Waals surface area contributed by atoms with Crippen LogP contribution in [0.5, 0.6) is 46.0 Å². The van der Waals surface area contributed by atoms with Crippen LogP contribution in [-0.2, 0) is 12.8 Å². The summed E-state index contributed by atoms with van der Waals surface area (Å²) in [5.74, 6) is 6.49. The van der Waals surface area contributed by atoms with Crippen molar-refractivity contribution in [1.29, 1.82) is 0 Å². The van der Waals surface area contributed by atoms with E-state index in [2.05, 4.69) is 26.0 Å². The number of fused-ring (bicyclic) bond motifs is 4. The molecule has 0 bridgehead atoms. The van der Waals surface area contributed by atoms with Gasteiger partial charge in [0.25, 0.3) is 0 Å². The molecule has 0 amide bonds. The first-order valence-corrected chi connectivity index (χ1v) is 24.6. The maximum Gasteiger partial charge on any atom is 0.181 e. The van der Waals surface area contributed by atoms with Crippen LogP contribution in [0, 0.1) is 0 Å². The summed E-state index contributed by atoms with van der Waals surface area (Å²) in [5.41, 5.74) is 3.47. The van der Waals surface area contributed by atoms with Gasteiger partial charge in [-0.1, -0.05) is 52.4 Å². The SMILES string of the molecule is CCCCCCc1sc(-c2sc(-c3ccnc(-c4cc(-c5sc(-c6sc(CCCCCC)c7c6OCCO7)c6c5OCCO6)ccn4)c3)c3c2OCCO3)c2c1OCCO2. The van der Waals surface area contributed by atoms with Gasteiger partial charge in [-0.25, -0.2) is 0 Å². The minimum Gasteiger partial charge on any atom is -0.485 e. The molecule has 60 heavy (non-hydrogen) atoms. The van der Waals surface area contributed by atoms with E-state index in [-0.39, 0.29) is 0 Å². The Morgan fingerprint density at radius 1 is 0.400 bits per heavy atom. The van der Waals surface area contributed by atoms with Crippen LogP contribution >= 0.6 is 45.3 Å². The summed E-state index contributed by atoms with van der Waals surface area (Å²) in [5, 5.41) is 0. The van der Waals surface area contributed by atoms with Crippen molar-refractivity contribution < 1.29 is 37.9 Å². The molecule has 0 radical (unpaired) electrons. The van der Waals surface area contributed by atoms with Crippen molar-refractivity contribution in [2.45, 2.75) is 78.1 Å². The van der Waals surface area contributed by atoms with Crippen LogP contribution in [0.2, 0.25) is 0 Å². The van der Waals surface area contributed by atoms with Gasteiger partial charge >= 0.3 is 0 Å². The molecule has 0 saturated heterocycles. The summed E-state index contributed by atoms with van der Waals surface area (Å²) < 4.78 is 50.6. The molecule has 0 N–H and O–H groups in total. The van der Waals surface area contributed by atoms with Gasteiger partial charge < -0.3 is 37.9 Å². The predicted molar refractivity (Wildman–Crippen MR) is 240 cm³/mol. The number of aryl methyl sites for hydroxylation is 2. The van der Waals surface area contributed by atoms with E-state index in [1.54, 1.807) is 45.3 Å². The van der Waals surface area contributed by atoms with Crippen LogP contribution in [0.15, 0.2) is 36.7 Å². The van der Waals surface area contributed by atoms with Crippen molar-refractivity contribution in [3.05, 3.63) is 46.4 Å². The van der Waals surface area contributed by atoms with E-state index in [1.807, 2.05) is 24.5 Å². The third kappa shape index (κ3) is 7.58. The minimum atomic E-state index is 0.481. The maximum absolute atomic E-state index is 6.37. The Kier molecular flexibility index (Phi) is 11.8. The van der Waals surface area contributed by atoms with Crippen molar-refractivity contribution in [2.75, 3.05) is 52.9 Å². The Morgan fingerprint density at radius 2 is 0.733 bits per heavy atom. The Balaban J connectivity index is 0.986. The molecule has 0 aliphatic carbocycles. The van der Waals surface area contributed by atoms with Crippen LogP contribution in [0.4, 0.5) is 0 Å². The highest BCUT2D eigenvalue weighted by Crippen LogP contribution is 2.61. The van der Waals surface area contributed by atoms with E-state index in [9.17, 15) is 0 Å². The Hall–Kier alpha value is -4.50. The highest BCUT2D eigenvalue weighted by atomic mass is 32.1. The van der Waals surface area contributed by atoms with Crippen molar-refractivity contribution in [1.82, 2.24) is 9.97 Å². The quantitative estimate of drug-likeness (QED) is 0.0927. The molecule has 10 rings (SSSR count). The van der Waals surface area contributed by atoms with Crippen LogP contribution in [0.1, 0.15) is 75.0 Å². The van der Waals surface area contributed by atoms with Gasteiger partial charge in [0.2, 0.25) is 0 Å². The van der Waals surface area contributed by atoms with E-state index in [4.69, 9.17) is 47.9 Å². The topological polar surface area (TPSA) is 99.6 Å². The summed E-state index contributed by atoms with van der Waals surface area (Å²) in [6, 6.07) is 8.24. The average Bonchev–Trinajstić information content (AvgIpc) is 4.08. The van der Waals surface area contributed by atoms with Gasteiger partial charge in [-0.2, -0.15) is 0 Å². The highest BCUT2D eigenvalue weighted by Gasteiger charge is 2.35. The molecule has 0 spiro atoms. The second kappa shape index (κ2) is 17.8. The zero-order valence-electron chi connectivity index (χ0n) is 34.0. The average molecular weight is 885 g/mol. The first-order valence-electron chi connectivity index (χ1n) is 21.3. The van der Waals surface area contributed by atoms with Crippen LogP contribution < -0.4 is 37.9 Å². The summed E-state index contributed by atoms with van der Waals surface area (Å²) >= 11 is 6.86. The predicted octanol–water partition coefficient (Wildman–Crippen LogP) is 12.4. The first kappa shape index (κ1) is 39.6. The van der Waals surface area contributed by atoms with Crippen molar-refractivity contribution >= 4 is 45.3 Å². The normalized spacial score (nSPS) is 15.0. The summed E-state index contributed by atoms with van der Waals surface area (Å²) in [4.78, 5) is 18.2. The highest BCUT2D eigenvalue weighted by molar-refractivity contribution is 7.25. The molecule has 4 aliphatic heterocycles. The molecule has 6 aromatic heterocycles. The lowest BCUT2D eigenvalue weighted by Gasteiger charge is -2.19. The van der Waals surface area contributed by atoms with E-state index in [1.165, 1.54) is 48.3 Å². The standard InChI is InChI=1S/C46H48N2O8S4/c1-3-5-7-9-11-31-33-35(51-19-17-49-33)43(57-31)45-39-37(53-21-23-55-39)41(59-45)27-13-15-47-29(25-27)30-26-28(14-16-48-30)42-38-40(56-24-22-54-38)46(60-42)44-36-34(50-18-20-52-36)32(58-44)12-10-8-6-4-2/h13-16,25-26H,3-12,17-24H2,1-2H3. The molecule has 0 fully saturated rings. The number of hydrogen-bond donors (Lipinski definition) is 0. The number of pyridine rings is 2. The molecule has 0 aromatic carbocycles. The number of unbranched alkanes of at least 4 members (excludes halogenated alkanes) is 6. The number of ether oxygens (including phenoxy) is 8. The van der Waals surface area contributed by atoms with Gasteiger partial charge in [-0.05, 0) is 61.1 Å². The molecule has 10 heterocycles. The Labute approximate surface area is 366 Å². The monoisotopic (exact) mass is 884 g/mol. The van der Waals surface area contributed by atoms with Gasteiger partial charge in [0, 0.05) is 12.4 Å². The Bertz CT molecular complexity index is 2310. The van der Waals surface area contributed by atoms with Gasteiger partial charge in [0.05, 0.1) is 50.4 Å². The zero-order valence-corrected chi connectivity index (χ0v) is 37.3. The number of rotatable bonds is 15. The minimum absolute atomic E-state index is 0.481. The summed E-state index contributed by atoms with van der Waals surface area (Å²) in [6.07, 6.45) is 15.2. The lowest BCUT2D eigenvalue weighted by atomic mass is 10.1. The van der Waals surface area contributed by atoms with E-state index < -0.39 is 0 Å². The van der Waals surface area contributed by atoms with Gasteiger partial charge in [0.15, 0.2) is 46.0 Å². The van der Waals surface area contributed by atoms with Crippen molar-refractivity contribution in [3.63, 3.8) is 0 Å². The van der Waals surface area contributed by atoms with Gasteiger partial charge in [-0.3, -0.25) is 9.97 Å². The lowest BCUT2D eigenvalue weighted by molar-refractivity contribution is 0.171. The number of hydrogen-bond acceptors (Lipinski definition) is 14. The molecule has 14 heteroatoms. The molecule has 0 unspecified atom stereocenters. The maximum atomic E-state index is 6.37. The first-order chi connectivity index (χ1) is 29.7. The number of thiophene rings is 4. The zero-order chi connectivity index (χ0) is 40.4. The second-order valence-electron chi connectivity index (χ2n) is 15.1.